The number of benzene rings is 1. The Morgan fingerprint density at radius 3 is 2.40 bits per heavy atom. The summed E-state index contributed by atoms with van der Waals surface area (Å²) in [5.74, 6) is 0. The molecular weight excluding hydrogens is 126 g/mol. The topological polar surface area (TPSA) is 29.4 Å². The van der Waals surface area contributed by atoms with Crippen molar-refractivity contribution in [1.29, 1.82) is 0 Å². The van der Waals surface area contributed by atoms with Crippen LogP contribution in [0.3, 0.4) is 0 Å². The van der Waals surface area contributed by atoms with Crippen molar-refractivity contribution in [3.8, 4) is 0 Å². The van der Waals surface area contributed by atoms with Gasteiger partial charge in [0, 0.05) is 0 Å². The summed E-state index contributed by atoms with van der Waals surface area (Å²) in [6.45, 7) is 3.68. The lowest BCUT2D eigenvalue weighted by Crippen LogP contribution is -1.67. The van der Waals surface area contributed by atoms with Gasteiger partial charge in [-0.25, -0.2) is 4.79 Å². The van der Waals surface area contributed by atoms with E-state index in [1.807, 2.05) is 0 Å². The molecule has 49 valence electrons. The minimum atomic E-state index is 0.613. The van der Waals surface area contributed by atoms with Crippen LogP contribution in [0.25, 0.3) is 0 Å². The van der Waals surface area contributed by atoms with Crippen molar-refractivity contribution in [2.24, 2.45) is 4.99 Å². The fourth-order valence-electron chi connectivity index (χ4n) is 0.623. The van der Waals surface area contributed by atoms with E-state index in [-0.39, 0.29) is 0 Å². The second kappa shape index (κ2) is 2.95. The molecule has 0 aliphatic rings. The van der Waals surface area contributed by atoms with Crippen LogP contribution >= 0.6 is 0 Å². The van der Waals surface area contributed by atoms with E-state index in [4.69, 9.17) is 0 Å². The van der Waals surface area contributed by atoms with E-state index in [0.717, 1.165) is 5.56 Å². The molecule has 1 radical (unpaired) electrons. The Hall–Kier alpha value is -1.40. The molecule has 2 heteroatoms. The lowest BCUT2D eigenvalue weighted by atomic mass is 10.2. The largest absolute Gasteiger partial charge is 0.240 e. The molecule has 0 saturated carbocycles. The molecule has 0 N–H and O–H groups in total. The SMILES string of the molecule is [CH2]c1ccc(N=C=O)cc1. The lowest BCUT2D eigenvalue weighted by molar-refractivity contribution is 0.565. The van der Waals surface area contributed by atoms with Crippen LogP contribution in [0.15, 0.2) is 29.3 Å². The molecule has 1 aromatic rings. The van der Waals surface area contributed by atoms with Crippen LogP contribution in [0, 0.1) is 6.92 Å². The van der Waals surface area contributed by atoms with Gasteiger partial charge in [0.1, 0.15) is 0 Å². The summed E-state index contributed by atoms with van der Waals surface area (Å²) in [4.78, 5) is 13.2. The number of hydrogen-bond acceptors (Lipinski definition) is 2. The Morgan fingerprint density at radius 1 is 1.30 bits per heavy atom. The number of isocyanates is 1. The first-order valence-electron chi connectivity index (χ1n) is 2.83. The minimum absolute atomic E-state index is 0.613. The summed E-state index contributed by atoms with van der Waals surface area (Å²) in [6, 6.07) is 7.01. The maximum atomic E-state index is 9.75. The average molecular weight is 132 g/mol. The Labute approximate surface area is 59.2 Å². The zero-order chi connectivity index (χ0) is 7.40. The zero-order valence-corrected chi connectivity index (χ0v) is 5.37. The Kier molecular flexibility index (Phi) is 1.98. The van der Waals surface area contributed by atoms with E-state index in [2.05, 4.69) is 11.9 Å². The molecule has 0 aliphatic heterocycles. The smallest absolute Gasteiger partial charge is 0.211 e. The number of hydrogen-bond donors (Lipinski definition) is 0. The zero-order valence-electron chi connectivity index (χ0n) is 5.37. The van der Waals surface area contributed by atoms with Gasteiger partial charge in [0.05, 0.1) is 5.69 Å². The molecule has 0 atom stereocenters. The van der Waals surface area contributed by atoms with Crippen LogP contribution in [0.2, 0.25) is 0 Å². The number of aliphatic imine (C=N–C) groups is 1. The molecule has 0 unspecified atom stereocenters. The highest BCUT2D eigenvalue weighted by molar-refractivity contribution is 5.49. The monoisotopic (exact) mass is 132 g/mol. The Bertz CT molecular complexity index is 257. The normalized spacial score (nSPS) is 8.50. The third-order valence-corrected chi connectivity index (χ3v) is 1.11. The van der Waals surface area contributed by atoms with E-state index in [9.17, 15) is 4.79 Å². The van der Waals surface area contributed by atoms with E-state index in [1.54, 1.807) is 24.3 Å². The number of rotatable bonds is 1. The van der Waals surface area contributed by atoms with Crippen LogP contribution in [0.4, 0.5) is 5.69 Å². The third-order valence-electron chi connectivity index (χ3n) is 1.11. The number of carbonyl (C=O) groups excluding carboxylic acids is 1. The first-order chi connectivity index (χ1) is 4.83. The molecule has 0 amide bonds. The van der Waals surface area contributed by atoms with Gasteiger partial charge in [0.25, 0.3) is 0 Å². The van der Waals surface area contributed by atoms with Crippen LogP contribution in [-0.2, 0) is 4.79 Å². The first-order valence-corrected chi connectivity index (χ1v) is 2.83. The minimum Gasteiger partial charge on any atom is -0.211 e. The molecule has 10 heavy (non-hydrogen) atoms. The van der Waals surface area contributed by atoms with Crippen LogP contribution in [0.1, 0.15) is 5.56 Å². The first kappa shape index (κ1) is 6.72. The molecule has 2 nitrogen and oxygen atoms in total. The van der Waals surface area contributed by atoms with Gasteiger partial charge in [-0.15, -0.1) is 0 Å². The quantitative estimate of drug-likeness (QED) is 0.423. The van der Waals surface area contributed by atoms with Crippen molar-refractivity contribution in [3.05, 3.63) is 36.8 Å². The summed E-state index contributed by atoms with van der Waals surface area (Å²) < 4.78 is 0. The summed E-state index contributed by atoms with van der Waals surface area (Å²) in [7, 11) is 0. The van der Waals surface area contributed by atoms with Gasteiger partial charge in [0.15, 0.2) is 0 Å². The summed E-state index contributed by atoms with van der Waals surface area (Å²) in [5.41, 5.74) is 1.52. The van der Waals surface area contributed by atoms with E-state index in [1.165, 1.54) is 6.08 Å². The van der Waals surface area contributed by atoms with Crippen molar-refractivity contribution in [1.82, 2.24) is 0 Å². The highest BCUT2D eigenvalue weighted by Crippen LogP contribution is 2.10. The van der Waals surface area contributed by atoms with Crippen molar-refractivity contribution in [2.45, 2.75) is 0 Å². The van der Waals surface area contributed by atoms with Gasteiger partial charge < -0.3 is 0 Å². The van der Waals surface area contributed by atoms with Gasteiger partial charge in [-0.05, 0) is 24.6 Å². The predicted molar refractivity (Wildman–Crippen MR) is 38.7 cm³/mol. The van der Waals surface area contributed by atoms with Crippen molar-refractivity contribution >= 4 is 11.8 Å². The molecule has 0 saturated heterocycles. The van der Waals surface area contributed by atoms with Crippen LogP contribution in [-0.4, -0.2) is 6.08 Å². The number of nitrogens with zero attached hydrogens (tertiary/aromatic N) is 1. The highest BCUT2D eigenvalue weighted by Gasteiger charge is 1.85. The van der Waals surface area contributed by atoms with Gasteiger partial charge in [-0.2, -0.15) is 4.99 Å². The molecule has 0 aliphatic carbocycles. The van der Waals surface area contributed by atoms with Crippen molar-refractivity contribution < 1.29 is 4.79 Å². The standard InChI is InChI=1S/C8H6NO/c1-7-2-4-8(5-3-7)9-6-10/h2-5H,1H2. The third kappa shape index (κ3) is 1.54. The summed E-state index contributed by atoms with van der Waals surface area (Å²) in [5, 5.41) is 0. The van der Waals surface area contributed by atoms with Crippen LogP contribution < -0.4 is 0 Å². The molecule has 1 rings (SSSR count). The second-order valence-electron chi connectivity index (χ2n) is 1.87. The Morgan fingerprint density at radius 2 is 1.90 bits per heavy atom. The van der Waals surface area contributed by atoms with Gasteiger partial charge in [0.2, 0.25) is 6.08 Å². The predicted octanol–water partition coefficient (Wildman–Crippen LogP) is 1.84. The van der Waals surface area contributed by atoms with E-state index >= 15 is 0 Å². The fraction of sp³-hybridized carbons (Fsp3) is 0. The lowest BCUT2D eigenvalue weighted by Gasteiger charge is -1.89. The van der Waals surface area contributed by atoms with Gasteiger partial charge in [-0.1, -0.05) is 12.1 Å². The maximum Gasteiger partial charge on any atom is 0.240 e. The summed E-state index contributed by atoms with van der Waals surface area (Å²) >= 11 is 0. The molecule has 0 fully saturated rings. The molecule has 1 aromatic carbocycles. The van der Waals surface area contributed by atoms with Crippen molar-refractivity contribution in [2.75, 3.05) is 0 Å². The van der Waals surface area contributed by atoms with E-state index < -0.39 is 0 Å². The van der Waals surface area contributed by atoms with Crippen molar-refractivity contribution in [3.63, 3.8) is 0 Å². The average Bonchev–Trinajstić information content (AvgIpc) is 1.95. The Balaban J connectivity index is 3.00. The van der Waals surface area contributed by atoms with Gasteiger partial charge in [-0.3, -0.25) is 0 Å². The molecule has 0 spiro atoms. The second-order valence-corrected chi connectivity index (χ2v) is 1.87. The highest BCUT2D eigenvalue weighted by atomic mass is 16.1. The molecule has 0 bridgehead atoms. The summed E-state index contributed by atoms with van der Waals surface area (Å²) in [6.07, 6.45) is 1.46. The fourth-order valence-corrected chi connectivity index (χ4v) is 0.623. The molecule has 0 aromatic heterocycles. The molecular formula is C8H6NO. The maximum absolute atomic E-state index is 9.75. The van der Waals surface area contributed by atoms with E-state index in [0.29, 0.717) is 5.69 Å². The molecule has 0 heterocycles. The van der Waals surface area contributed by atoms with Gasteiger partial charge >= 0.3 is 0 Å². The van der Waals surface area contributed by atoms with Crippen LogP contribution in [0.5, 0.6) is 0 Å².